The van der Waals surface area contributed by atoms with Crippen molar-refractivity contribution >= 4 is 11.3 Å². The molecule has 0 aliphatic carbocycles. The maximum Gasteiger partial charge on any atom is 0.0330 e. The van der Waals surface area contributed by atoms with E-state index in [1.165, 1.54) is 38.3 Å². The molecule has 2 saturated heterocycles. The normalized spacial score (nSPS) is 31.0. The van der Waals surface area contributed by atoms with Crippen LogP contribution in [-0.4, -0.2) is 31.1 Å². The Morgan fingerprint density at radius 2 is 2.13 bits per heavy atom. The smallest absolute Gasteiger partial charge is 0.0330 e. The lowest BCUT2D eigenvalue weighted by atomic mass is 10.0. The van der Waals surface area contributed by atoms with Crippen molar-refractivity contribution in [3.8, 4) is 0 Å². The van der Waals surface area contributed by atoms with E-state index >= 15 is 0 Å². The highest BCUT2D eigenvalue weighted by Gasteiger charge is 2.35. The predicted octanol–water partition coefficient (Wildman–Crippen LogP) is 1.71. The molecule has 3 heteroatoms. The maximum atomic E-state index is 3.49. The fraction of sp³-hybridized carbons (Fsp3) is 0.667. The Hall–Kier alpha value is -0.380. The number of nitrogens with zero attached hydrogens (tertiary/aromatic N) is 1. The summed E-state index contributed by atoms with van der Waals surface area (Å²) in [4.78, 5) is 4.19. The Bertz CT molecular complexity index is 335. The second kappa shape index (κ2) is 3.89. The third kappa shape index (κ3) is 1.84. The summed E-state index contributed by atoms with van der Waals surface area (Å²) in [5, 5.41) is 5.70. The molecular formula is C12H18N2S. The summed E-state index contributed by atoms with van der Waals surface area (Å²) < 4.78 is 0. The van der Waals surface area contributed by atoms with Crippen molar-refractivity contribution < 1.29 is 0 Å². The number of thiophene rings is 1. The van der Waals surface area contributed by atoms with E-state index in [1.807, 2.05) is 11.3 Å². The van der Waals surface area contributed by atoms with Crippen LogP contribution in [0.3, 0.4) is 0 Å². The second-order valence-electron chi connectivity index (χ2n) is 4.90. The van der Waals surface area contributed by atoms with Gasteiger partial charge in [0, 0.05) is 24.5 Å². The van der Waals surface area contributed by atoms with Gasteiger partial charge < -0.3 is 5.32 Å². The molecule has 0 aromatic carbocycles. The number of likely N-dealkylation sites (tertiary alicyclic amines) is 1. The molecule has 3 heterocycles. The van der Waals surface area contributed by atoms with E-state index in [9.17, 15) is 0 Å². The SMILES string of the molecule is Cc1ccsc1CN1CC2CNCC2C1. The maximum absolute atomic E-state index is 3.49. The van der Waals surface area contributed by atoms with Gasteiger partial charge in [-0.15, -0.1) is 11.3 Å². The van der Waals surface area contributed by atoms with Crippen LogP contribution in [0.1, 0.15) is 10.4 Å². The Morgan fingerprint density at radius 3 is 2.73 bits per heavy atom. The van der Waals surface area contributed by atoms with Gasteiger partial charge in [-0.05, 0) is 48.9 Å². The highest BCUT2D eigenvalue weighted by atomic mass is 32.1. The molecule has 1 N–H and O–H groups in total. The summed E-state index contributed by atoms with van der Waals surface area (Å²) in [5.41, 5.74) is 1.47. The van der Waals surface area contributed by atoms with Gasteiger partial charge in [-0.3, -0.25) is 4.90 Å². The van der Waals surface area contributed by atoms with Crippen LogP contribution >= 0.6 is 11.3 Å². The van der Waals surface area contributed by atoms with E-state index in [4.69, 9.17) is 0 Å². The highest BCUT2D eigenvalue weighted by Crippen LogP contribution is 2.28. The van der Waals surface area contributed by atoms with Crippen molar-refractivity contribution in [3.05, 3.63) is 21.9 Å². The largest absolute Gasteiger partial charge is 0.316 e. The quantitative estimate of drug-likeness (QED) is 0.819. The summed E-state index contributed by atoms with van der Waals surface area (Å²) in [6, 6.07) is 2.23. The number of aryl methyl sites for hydroxylation is 1. The molecule has 82 valence electrons. The standard InChI is InChI=1S/C12H18N2S/c1-9-2-3-15-12(9)8-14-6-10-4-13-5-11(10)7-14/h2-3,10-11,13H,4-8H2,1H3. The molecule has 0 spiro atoms. The minimum Gasteiger partial charge on any atom is -0.316 e. The Kier molecular flexibility index (Phi) is 2.54. The van der Waals surface area contributed by atoms with Crippen molar-refractivity contribution in [2.75, 3.05) is 26.2 Å². The van der Waals surface area contributed by atoms with Gasteiger partial charge in [0.2, 0.25) is 0 Å². The van der Waals surface area contributed by atoms with Gasteiger partial charge in [0.25, 0.3) is 0 Å². The fourth-order valence-electron chi connectivity index (χ4n) is 2.85. The topological polar surface area (TPSA) is 15.3 Å². The Balaban J connectivity index is 1.64. The lowest BCUT2D eigenvalue weighted by Crippen LogP contribution is -2.25. The molecule has 1 aromatic heterocycles. The zero-order chi connectivity index (χ0) is 10.3. The minimum atomic E-state index is 0.922. The molecule has 2 atom stereocenters. The lowest BCUT2D eigenvalue weighted by molar-refractivity contribution is 0.308. The molecule has 3 rings (SSSR count). The minimum absolute atomic E-state index is 0.922. The first-order valence-electron chi connectivity index (χ1n) is 5.79. The molecule has 0 saturated carbocycles. The Morgan fingerprint density at radius 1 is 1.40 bits per heavy atom. The van der Waals surface area contributed by atoms with Crippen molar-refractivity contribution in [3.63, 3.8) is 0 Å². The highest BCUT2D eigenvalue weighted by molar-refractivity contribution is 7.10. The van der Waals surface area contributed by atoms with Crippen LogP contribution in [0.2, 0.25) is 0 Å². The van der Waals surface area contributed by atoms with Crippen molar-refractivity contribution in [2.45, 2.75) is 13.5 Å². The van der Waals surface area contributed by atoms with Gasteiger partial charge in [-0.1, -0.05) is 0 Å². The fourth-order valence-corrected chi connectivity index (χ4v) is 3.80. The Labute approximate surface area is 95.3 Å². The summed E-state index contributed by atoms with van der Waals surface area (Å²) in [7, 11) is 0. The van der Waals surface area contributed by atoms with E-state index in [0.717, 1.165) is 11.8 Å². The van der Waals surface area contributed by atoms with Crippen LogP contribution in [0.15, 0.2) is 11.4 Å². The molecular weight excluding hydrogens is 204 g/mol. The molecule has 0 amide bonds. The van der Waals surface area contributed by atoms with Crippen molar-refractivity contribution in [2.24, 2.45) is 11.8 Å². The van der Waals surface area contributed by atoms with E-state index < -0.39 is 0 Å². The lowest BCUT2D eigenvalue weighted by Gasteiger charge is -2.16. The summed E-state index contributed by atoms with van der Waals surface area (Å²) in [5.74, 6) is 1.84. The number of hydrogen-bond donors (Lipinski definition) is 1. The summed E-state index contributed by atoms with van der Waals surface area (Å²) >= 11 is 1.91. The molecule has 15 heavy (non-hydrogen) atoms. The van der Waals surface area contributed by atoms with Crippen molar-refractivity contribution in [1.82, 2.24) is 10.2 Å². The molecule has 0 radical (unpaired) electrons. The average Bonchev–Trinajstić information content (AvgIpc) is 2.83. The van der Waals surface area contributed by atoms with Crippen molar-refractivity contribution in [1.29, 1.82) is 0 Å². The molecule has 2 fully saturated rings. The van der Waals surface area contributed by atoms with Crippen LogP contribution in [0.25, 0.3) is 0 Å². The molecule has 2 unspecified atom stereocenters. The van der Waals surface area contributed by atoms with E-state index in [0.29, 0.717) is 0 Å². The number of rotatable bonds is 2. The van der Waals surface area contributed by atoms with E-state index in [1.54, 1.807) is 4.88 Å². The first-order chi connectivity index (χ1) is 7.33. The molecule has 1 aromatic rings. The van der Waals surface area contributed by atoms with Crippen LogP contribution in [0, 0.1) is 18.8 Å². The summed E-state index contributed by atoms with van der Waals surface area (Å²) in [6.07, 6.45) is 0. The van der Waals surface area contributed by atoms with Gasteiger partial charge in [0.1, 0.15) is 0 Å². The molecule has 2 aliphatic heterocycles. The average molecular weight is 222 g/mol. The second-order valence-corrected chi connectivity index (χ2v) is 5.90. The molecule has 0 bridgehead atoms. The van der Waals surface area contributed by atoms with Gasteiger partial charge in [-0.2, -0.15) is 0 Å². The monoisotopic (exact) mass is 222 g/mol. The zero-order valence-corrected chi connectivity index (χ0v) is 10.0. The molecule has 2 aliphatic rings. The molecule has 2 nitrogen and oxygen atoms in total. The van der Waals surface area contributed by atoms with Gasteiger partial charge in [0.15, 0.2) is 0 Å². The number of nitrogens with one attached hydrogen (secondary N) is 1. The third-order valence-corrected chi connectivity index (χ3v) is 4.81. The number of hydrogen-bond acceptors (Lipinski definition) is 3. The van der Waals surface area contributed by atoms with E-state index in [-0.39, 0.29) is 0 Å². The van der Waals surface area contributed by atoms with Crippen LogP contribution in [0.4, 0.5) is 0 Å². The van der Waals surface area contributed by atoms with Gasteiger partial charge in [-0.25, -0.2) is 0 Å². The van der Waals surface area contributed by atoms with Crippen LogP contribution < -0.4 is 5.32 Å². The number of fused-ring (bicyclic) bond motifs is 1. The third-order valence-electron chi connectivity index (χ3n) is 3.80. The van der Waals surface area contributed by atoms with Crippen LogP contribution in [0.5, 0.6) is 0 Å². The van der Waals surface area contributed by atoms with Gasteiger partial charge in [0.05, 0.1) is 0 Å². The first-order valence-corrected chi connectivity index (χ1v) is 6.67. The predicted molar refractivity (Wildman–Crippen MR) is 64.2 cm³/mol. The zero-order valence-electron chi connectivity index (χ0n) is 9.20. The van der Waals surface area contributed by atoms with Gasteiger partial charge >= 0.3 is 0 Å². The first kappa shape index (κ1) is 9.82. The van der Waals surface area contributed by atoms with Crippen LogP contribution in [-0.2, 0) is 6.54 Å². The van der Waals surface area contributed by atoms with E-state index in [2.05, 4.69) is 28.6 Å². The summed E-state index contributed by atoms with van der Waals surface area (Å²) in [6.45, 7) is 8.49.